The molecule has 1 aliphatic heterocycles. The van der Waals surface area contributed by atoms with Gasteiger partial charge in [-0.3, -0.25) is 0 Å². The van der Waals surface area contributed by atoms with Crippen molar-refractivity contribution in [1.29, 1.82) is 0 Å². The van der Waals surface area contributed by atoms with Crippen molar-refractivity contribution < 1.29 is 4.42 Å². The van der Waals surface area contributed by atoms with Crippen molar-refractivity contribution in [1.82, 2.24) is 0 Å². The maximum Gasteiger partial charge on any atom is 0.143 e. The van der Waals surface area contributed by atoms with Gasteiger partial charge < -0.3 is 9.32 Å². The minimum Gasteiger partial charge on any atom is -0.455 e. The normalized spacial score (nSPS) is 22.3. The molecule has 1 aromatic heterocycles. The van der Waals surface area contributed by atoms with Gasteiger partial charge in [0.25, 0.3) is 0 Å². The number of fused-ring (bicyclic) bond motifs is 8. The molecule has 0 fully saturated rings. The predicted octanol–water partition coefficient (Wildman–Crippen LogP) is 11.2. The van der Waals surface area contributed by atoms with Gasteiger partial charge in [0.2, 0.25) is 0 Å². The van der Waals surface area contributed by atoms with E-state index >= 15 is 0 Å². The molecule has 0 saturated heterocycles. The smallest absolute Gasteiger partial charge is 0.143 e. The second-order valence-electron chi connectivity index (χ2n) is 14.4. The number of anilines is 2. The second-order valence-corrected chi connectivity index (χ2v) is 16.8. The average molecular weight is 663 g/mol. The highest BCUT2D eigenvalue weighted by Crippen LogP contribution is 2.44. The summed E-state index contributed by atoms with van der Waals surface area (Å²) in [6, 6.07) is 29.8. The fourth-order valence-electron chi connectivity index (χ4n) is 9.15. The molecule has 5 aliphatic rings. The van der Waals surface area contributed by atoms with Gasteiger partial charge in [-0.1, -0.05) is 116 Å². The molecule has 3 atom stereocenters. The summed E-state index contributed by atoms with van der Waals surface area (Å²) >= 11 is 0. The van der Waals surface area contributed by atoms with E-state index in [0.29, 0.717) is 17.8 Å². The van der Waals surface area contributed by atoms with Crippen LogP contribution in [0.25, 0.3) is 33.1 Å². The highest BCUT2D eigenvalue weighted by molar-refractivity contribution is 6.89. The first-order chi connectivity index (χ1) is 24.7. The van der Waals surface area contributed by atoms with Crippen molar-refractivity contribution in [2.45, 2.75) is 44.6 Å². The molecule has 3 unspecified atom stereocenters. The Kier molecular flexibility index (Phi) is 7.16. The number of rotatable bonds is 5. The maximum absolute atomic E-state index is 6.59. The van der Waals surface area contributed by atoms with Crippen LogP contribution in [-0.2, 0) is 0 Å². The third-order valence-electron chi connectivity index (χ3n) is 11.6. The Balaban J connectivity index is 1.10. The highest BCUT2D eigenvalue weighted by atomic mass is 28.3. The van der Waals surface area contributed by atoms with E-state index in [1.54, 1.807) is 0 Å². The molecule has 0 bridgehead atoms. The lowest BCUT2D eigenvalue weighted by atomic mass is 9.74. The van der Waals surface area contributed by atoms with Crippen LogP contribution < -0.4 is 15.3 Å². The molecule has 0 N–H and O–H groups in total. The van der Waals surface area contributed by atoms with Crippen LogP contribution in [0, 0.1) is 11.8 Å². The molecule has 2 nitrogen and oxygen atoms in total. The first-order valence-electron chi connectivity index (χ1n) is 18.3. The number of benzene rings is 4. The zero-order chi connectivity index (χ0) is 33.2. The van der Waals surface area contributed by atoms with Gasteiger partial charge in [-0.25, -0.2) is 0 Å². The molecule has 0 saturated carbocycles. The Morgan fingerprint density at radius 3 is 2.66 bits per heavy atom. The topological polar surface area (TPSA) is 16.4 Å². The fourth-order valence-corrected chi connectivity index (χ4v) is 11.4. The van der Waals surface area contributed by atoms with Gasteiger partial charge in [0.05, 0.1) is 0 Å². The molecule has 0 spiro atoms. The lowest BCUT2D eigenvalue weighted by molar-refractivity contribution is 0.507. The first-order valence-corrected chi connectivity index (χ1v) is 20.3. The van der Waals surface area contributed by atoms with Crippen molar-refractivity contribution in [2.75, 3.05) is 4.90 Å². The molecule has 4 aliphatic carbocycles. The molecular weight excluding hydrogens is 623 g/mol. The van der Waals surface area contributed by atoms with Crippen molar-refractivity contribution in [3.05, 3.63) is 168 Å². The summed E-state index contributed by atoms with van der Waals surface area (Å²) in [5.41, 5.74) is 12.9. The van der Waals surface area contributed by atoms with E-state index in [9.17, 15) is 0 Å². The zero-order valence-corrected chi connectivity index (χ0v) is 29.5. The van der Waals surface area contributed by atoms with E-state index in [2.05, 4.69) is 157 Å². The number of allylic oxidation sites excluding steroid dienone is 14. The summed E-state index contributed by atoms with van der Waals surface area (Å²) in [6.07, 6.45) is 31.2. The first kappa shape index (κ1) is 29.8. The molecule has 5 aromatic rings. The van der Waals surface area contributed by atoms with Crippen molar-refractivity contribution in [3.8, 4) is 11.1 Å². The van der Waals surface area contributed by atoms with Crippen molar-refractivity contribution >= 4 is 52.5 Å². The van der Waals surface area contributed by atoms with Gasteiger partial charge >= 0.3 is 0 Å². The Hall–Kier alpha value is -5.12. The van der Waals surface area contributed by atoms with Crippen LogP contribution in [-0.4, -0.2) is 8.80 Å². The van der Waals surface area contributed by atoms with Gasteiger partial charge in [-0.05, 0) is 107 Å². The van der Waals surface area contributed by atoms with Crippen LogP contribution in [0.1, 0.15) is 43.6 Å². The Labute approximate surface area is 296 Å². The van der Waals surface area contributed by atoms with Crippen LogP contribution in [0.2, 0.25) is 6.55 Å². The van der Waals surface area contributed by atoms with E-state index in [-0.39, 0.29) is 0 Å². The van der Waals surface area contributed by atoms with Crippen LogP contribution >= 0.6 is 0 Å². The zero-order valence-electron chi connectivity index (χ0n) is 28.5. The molecule has 2 heterocycles. The molecule has 1 radical (unpaired) electrons. The minimum atomic E-state index is -0.986. The monoisotopic (exact) mass is 662 g/mol. The molecule has 0 amide bonds. The quantitative estimate of drug-likeness (QED) is 0.174. The van der Waals surface area contributed by atoms with Gasteiger partial charge in [0.15, 0.2) is 0 Å². The summed E-state index contributed by atoms with van der Waals surface area (Å²) in [6.45, 7) is 2.46. The van der Waals surface area contributed by atoms with E-state index < -0.39 is 8.80 Å². The fraction of sp³-hybridized carbons (Fsp3) is 0.191. The molecular formula is C47H40NOSi. The number of hydrogen-bond acceptors (Lipinski definition) is 2. The molecule has 243 valence electrons. The summed E-state index contributed by atoms with van der Waals surface area (Å²) in [5, 5.41) is 5.34. The minimum absolute atomic E-state index is 0.392. The van der Waals surface area contributed by atoms with Gasteiger partial charge in [0.1, 0.15) is 20.0 Å². The SMILES string of the molecule is C[Si]1c2cc(N(C3=CC(C4C=CC=CC4)=CCC3)c3cccc(C4C=CC=C5C=CCCC54)c3)ccc2-c2c1ccc1c2oc2ccccc21. The number of furan rings is 1. The number of nitrogens with zero attached hydrogens (tertiary/aromatic N) is 1. The van der Waals surface area contributed by atoms with E-state index in [0.717, 1.165) is 36.8 Å². The molecule has 10 rings (SSSR count). The molecule has 4 aromatic carbocycles. The number of hydrogen-bond donors (Lipinski definition) is 0. The second kappa shape index (κ2) is 12.0. The van der Waals surface area contributed by atoms with Gasteiger partial charge in [0, 0.05) is 45.2 Å². The third-order valence-corrected chi connectivity index (χ3v) is 14.1. The van der Waals surface area contributed by atoms with Crippen LogP contribution in [0.5, 0.6) is 0 Å². The summed E-state index contributed by atoms with van der Waals surface area (Å²) in [7, 11) is -0.986. The Morgan fingerprint density at radius 1 is 0.780 bits per heavy atom. The van der Waals surface area contributed by atoms with E-state index in [1.807, 2.05) is 0 Å². The van der Waals surface area contributed by atoms with E-state index in [1.165, 1.54) is 72.5 Å². The Morgan fingerprint density at radius 2 is 1.72 bits per heavy atom. The lowest BCUT2D eigenvalue weighted by Crippen LogP contribution is -2.34. The predicted molar refractivity (Wildman–Crippen MR) is 212 cm³/mol. The lowest BCUT2D eigenvalue weighted by Gasteiger charge is -2.34. The molecule has 50 heavy (non-hydrogen) atoms. The van der Waals surface area contributed by atoms with E-state index in [4.69, 9.17) is 4.42 Å². The largest absolute Gasteiger partial charge is 0.455 e. The summed E-state index contributed by atoms with van der Waals surface area (Å²) < 4.78 is 6.59. The van der Waals surface area contributed by atoms with Gasteiger partial charge in [-0.2, -0.15) is 0 Å². The number of para-hydroxylation sites is 1. The van der Waals surface area contributed by atoms with Crippen LogP contribution in [0.3, 0.4) is 0 Å². The Bertz CT molecular complexity index is 2410. The average Bonchev–Trinajstić information content (AvgIpc) is 3.70. The summed E-state index contributed by atoms with van der Waals surface area (Å²) in [4.78, 5) is 2.58. The van der Waals surface area contributed by atoms with Gasteiger partial charge in [-0.15, -0.1) is 0 Å². The van der Waals surface area contributed by atoms with Crippen LogP contribution in [0.4, 0.5) is 11.4 Å². The summed E-state index contributed by atoms with van der Waals surface area (Å²) in [5.74, 6) is 1.37. The van der Waals surface area contributed by atoms with Crippen molar-refractivity contribution in [3.63, 3.8) is 0 Å². The van der Waals surface area contributed by atoms with Crippen molar-refractivity contribution in [2.24, 2.45) is 11.8 Å². The van der Waals surface area contributed by atoms with Crippen LogP contribution in [0.15, 0.2) is 167 Å². The standard InChI is InChI=1S/C47H40NOSi/c1-50-44-27-26-41-40-21-7-8-23-43(40)49-47(41)46(44)42-25-24-37(30-45(42)50)48(35-18-9-16-33(28-35)31-12-3-2-4-13-31)36-19-10-17-34(29-36)39-22-11-15-32-14-5-6-20-38(32)39/h2-5,7-8,10-12,14-17,19,21-31,38-39H,6,9,13,18,20H2,1H3. The highest BCUT2D eigenvalue weighted by Gasteiger charge is 2.33. The molecule has 3 heteroatoms. The third kappa shape index (κ3) is 4.82. The maximum atomic E-state index is 6.59.